The summed E-state index contributed by atoms with van der Waals surface area (Å²) in [6, 6.07) is 6.07. The SMILES string of the molecule is Cc1ncc(COc2ccccc2O[P+]([O-])=N[C@@H](C)C(=O)OC(C)C)c(/C=N/C2CCCC2)c1O. The number of ether oxygens (including phenoxy) is 2. The summed E-state index contributed by atoms with van der Waals surface area (Å²) in [5.74, 6) is 0.0472. The number of aromatic hydroxyl groups is 1. The molecule has 0 bridgehead atoms. The van der Waals surface area contributed by atoms with Crippen molar-refractivity contribution in [2.75, 3.05) is 0 Å². The van der Waals surface area contributed by atoms with Gasteiger partial charge in [-0.3, -0.25) is 14.5 Å². The molecule has 1 aliphatic rings. The Labute approximate surface area is 206 Å². The Hall–Kier alpha value is -3.03. The molecule has 0 spiro atoms. The number of rotatable bonds is 10. The van der Waals surface area contributed by atoms with Crippen LogP contribution in [0.25, 0.3) is 0 Å². The van der Waals surface area contributed by atoms with Crippen molar-refractivity contribution in [3.8, 4) is 17.2 Å². The third-order valence-corrected chi connectivity index (χ3v) is 6.35. The lowest BCUT2D eigenvalue weighted by Crippen LogP contribution is -2.21. The molecule has 0 aliphatic heterocycles. The Morgan fingerprint density at radius 3 is 2.63 bits per heavy atom. The first-order chi connectivity index (χ1) is 16.7. The summed E-state index contributed by atoms with van der Waals surface area (Å²) in [6.45, 7) is 6.76. The van der Waals surface area contributed by atoms with Crippen LogP contribution in [0.2, 0.25) is 0 Å². The second-order valence-electron chi connectivity index (χ2n) is 8.69. The van der Waals surface area contributed by atoms with Gasteiger partial charge in [0.2, 0.25) is 5.75 Å². The summed E-state index contributed by atoms with van der Waals surface area (Å²) in [4.78, 5) is 33.2. The normalized spacial score (nSPS) is 15.5. The molecule has 10 heteroatoms. The molecule has 1 saturated carbocycles. The molecule has 188 valence electrons. The Morgan fingerprint density at radius 2 is 1.94 bits per heavy atom. The lowest BCUT2D eigenvalue weighted by atomic mass is 10.1. The molecule has 9 nitrogen and oxygen atoms in total. The number of nitrogens with zero attached hydrogens (tertiary/aromatic N) is 3. The van der Waals surface area contributed by atoms with Crippen molar-refractivity contribution >= 4 is 20.4 Å². The molecule has 0 amide bonds. The molecule has 0 saturated heterocycles. The molecule has 2 aromatic rings. The van der Waals surface area contributed by atoms with Crippen molar-refractivity contribution in [2.24, 2.45) is 9.74 Å². The number of hydrogen-bond acceptors (Lipinski definition) is 9. The lowest BCUT2D eigenvalue weighted by molar-refractivity contribution is -0.170. The summed E-state index contributed by atoms with van der Waals surface area (Å²) in [5, 5.41) is 10.6. The fraction of sp³-hybridized carbons (Fsp3) is 0.480. The average Bonchev–Trinajstić information content (AvgIpc) is 3.33. The maximum atomic E-state index is 12.4. The van der Waals surface area contributed by atoms with Gasteiger partial charge in [-0.25, -0.2) is 4.79 Å². The molecule has 1 heterocycles. The average molecular weight is 502 g/mol. The quantitative estimate of drug-likeness (QED) is 0.286. The standard InChI is InChI=1S/C25H32N3O6P/c1-16(2)33-25(30)18(4)28-35(31)34-23-12-8-7-11-22(23)32-15-19-13-26-17(3)24(29)21(19)14-27-20-9-5-6-10-20/h7-8,11-14,16,18,20,29H,5-6,9-10,15H2,1-4H3/b27-14+/t18-/m0/s1. The molecule has 1 aromatic carbocycles. The minimum atomic E-state index is -2.54. The Balaban J connectivity index is 1.73. The van der Waals surface area contributed by atoms with Gasteiger partial charge < -0.3 is 19.5 Å². The smallest absolute Gasteiger partial charge is 0.395 e. The van der Waals surface area contributed by atoms with E-state index in [1.54, 1.807) is 57.4 Å². The van der Waals surface area contributed by atoms with Crippen LogP contribution in [0.15, 0.2) is 40.2 Å². The molecular formula is C25H32N3O6P. The van der Waals surface area contributed by atoms with Crippen LogP contribution in [0, 0.1) is 6.92 Å². The zero-order valence-corrected chi connectivity index (χ0v) is 21.4. The van der Waals surface area contributed by atoms with Crippen LogP contribution >= 0.6 is 8.17 Å². The van der Waals surface area contributed by atoms with E-state index < -0.39 is 20.2 Å². The minimum Gasteiger partial charge on any atom is -0.575 e. The highest BCUT2D eigenvalue weighted by atomic mass is 31.1. The van der Waals surface area contributed by atoms with Crippen LogP contribution in [-0.4, -0.2) is 40.5 Å². The fourth-order valence-electron chi connectivity index (χ4n) is 3.57. The van der Waals surface area contributed by atoms with Crippen molar-refractivity contribution in [3.05, 3.63) is 47.3 Å². The second kappa shape index (κ2) is 12.6. The van der Waals surface area contributed by atoms with E-state index in [0.29, 0.717) is 22.6 Å². The number of aromatic nitrogens is 1. The third-order valence-electron chi connectivity index (χ3n) is 5.47. The number of carbonyl (C=O) groups is 1. The second-order valence-corrected chi connectivity index (χ2v) is 9.58. The largest absolute Gasteiger partial charge is 0.575 e. The summed E-state index contributed by atoms with van der Waals surface area (Å²) in [7, 11) is -2.54. The molecular weight excluding hydrogens is 469 g/mol. The first-order valence-electron chi connectivity index (χ1n) is 11.7. The number of carbonyl (C=O) groups excluding carboxylic acids is 1. The van der Waals surface area contributed by atoms with Gasteiger partial charge in [0.25, 0.3) is 0 Å². The first kappa shape index (κ1) is 26.6. The van der Waals surface area contributed by atoms with Crippen molar-refractivity contribution in [2.45, 2.75) is 78.2 Å². The molecule has 1 aromatic heterocycles. The molecule has 1 fully saturated rings. The monoisotopic (exact) mass is 501 g/mol. The van der Waals surface area contributed by atoms with E-state index in [1.165, 1.54) is 19.8 Å². The number of benzene rings is 1. The zero-order chi connectivity index (χ0) is 25.4. The molecule has 1 aliphatic carbocycles. The highest BCUT2D eigenvalue weighted by molar-refractivity contribution is 7.34. The first-order valence-corrected chi connectivity index (χ1v) is 12.9. The van der Waals surface area contributed by atoms with Crippen molar-refractivity contribution in [1.82, 2.24) is 4.98 Å². The topological polar surface area (TPSA) is 126 Å². The summed E-state index contributed by atoms with van der Waals surface area (Å²) >= 11 is 0. The van der Waals surface area contributed by atoms with Gasteiger partial charge >= 0.3 is 14.1 Å². The number of aryl methyl sites for hydroxylation is 1. The molecule has 35 heavy (non-hydrogen) atoms. The highest BCUT2D eigenvalue weighted by Crippen LogP contribution is 2.34. The molecule has 3 rings (SSSR count). The molecule has 1 N–H and O–H groups in total. The summed E-state index contributed by atoms with van der Waals surface area (Å²) in [5.41, 5.74) is 1.74. The van der Waals surface area contributed by atoms with Gasteiger partial charge in [-0.2, -0.15) is 0 Å². The maximum Gasteiger partial charge on any atom is 0.395 e. The Kier molecular flexibility index (Phi) is 9.57. The van der Waals surface area contributed by atoms with Gasteiger partial charge in [0.05, 0.1) is 11.8 Å². The van der Waals surface area contributed by atoms with Crippen LogP contribution in [0.5, 0.6) is 17.2 Å². The Bertz CT molecular complexity index is 1080. The Morgan fingerprint density at radius 1 is 1.26 bits per heavy atom. The zero-order valence-electron chi connectivity index (χ0n) is 20.5. The third kappa shape index (κ3) is 7.73. The van der Waals surface area contributed by atoms with Crippen LogP contribution in [-0.2, 0) is 16.1 Å². The van der Waals surface area contributed by atoms with E-state index in [2.05, 4.69) is 14.7 Å². The summed E-state index contributed by atoms with van der Waals surface area (Å²) in [6.07, 6.45) is 7.49. The van der Waals surface area contributed by atoms with Gasteiger partial charge in [0.1, 0.15) is 12.4 Å². The van der Waals surface area contributed by atoms with Crippen molar-refractivity contribution in [1.29, 1.82) is 0 Å². The van der Waals surface area contributed by atoms with Crippen LogP contribution in [0.4, 0.5) is 0 Å². The minimum absolute atomic E-state index is 0.0709. The lowest BCUT2D eigenvalue weighted by Gasteiger charge is -2.13. The van der Waals surface area contributed by atoms with Crippen molar-refractivity contribution in [3.63, 3.8) is 0 Å². The van der Waals surface area contributed by atoms with E-state index in [1.807, 2.05) is 0 Å². The summed E-state index contributed by atoms with van der Waals surface area (Å²) < 4.78 is 20.4. The number of hydrogen-bond donors (Lipinski definition) is 1. The number of esters is 1. The van der Waals surface area contributed by atoms with Gasteiger partial charge in [0.15, 0.2) is 11.8 Å². The van der Waals surface area contributed by atoms with Crippen LogP contribution in [0.3, 0.4) is 0 Å². The van der Waals surface area contributed by atoms with E-state index in [4.69, 9.17) is 14.0 Å². The van der Waals surface area contributed by atoms with Gasteiger partial charge in [-0.1, -0.05) is 29.7 Å². The predicted molar refractivity (Wildman–Crippen MR) is 132 cm³/mol. The highest BCUT2D eigenvalue weighted by Gasteiger charge is 2.21. The van der Waals surface area contributed by atoms with E-state index in [9.17, 15) is 14.8 Å². The van der Waals surface area contributed by atoms with Crippen molar-refractivity contribution < 1.29 is 28.8 Å². The fourth-order valence-corrected chi connectivity index (χ4v) is 4.32. The van der Waals surface area contributed by atoms with Crippen LogP contribution in [0.1, 0.15) is 63.3 Å². The molecule has 1 unspecified atom stereocenters. The van der Waals surface area contributed by atoms with Gasteiger partial charge in [0, 0.05) is 29.6 Å². The number of aliphatic imine (C=N–C) groups is 1. The van der Waals surface area contributed by atoms with E-state index >= 15 is 0 Å². The molecule has 2 atom stereocenters. The van der Waals surface area contributed by atoms with E-state index in [-0.39, 0.29) is 30.3 Å². The van der Waals surface area contributed by atoms with Gasteiger partial charge in [-0.15, -0.1) is 0 Å². The number of pyridine rings is 1. The van der Waals surface area contributed by atoms with Gasteiger partial charge in [-0.05, 0) is 52.7 Å². The maximum absolute atomic E-state index is 12.4. The molecule has 0 radical (unpaired) electrons. The predicted octanol–water partition coefficient (Wildman–Crippen LogP) is 4.61. The number of para-hydroxylation sites is 2. The van der Waals surface area contributed by atoms with E-state index in [0.717, 1.165) is 12.8 Å². The van der Waals surface area contributed by atoms with Crippen LogP contribution < -0.4 is 14.2 Å².